The highest BCUT2D eigenvalue weighted by atomic mass is 16.6. The lowest BCUT2D eigenvalue weighted by molar-refractivity contribution is 0.0357. The first-order valence-corrected chi connectivity index (χ1v) is 9.97. The van der Waals surface area contributed by atoms with Gasteiger partial charge in [0.2, 0.25) is 0 Å². The standard InChI is InChI=1S/C23H28N2O5/c1-6-17-18(10-11-19-20(17)30-13-12-29-19)21(26)24-25(23(2,3)4)22(27)15-8-7-9-16(14-15)28-5/h7-11,14H,6,12-13H2,1-5H3,(H,24,26). The minimum absolute atomic E-state index is 0.328. The number of hydrogen-bond donors (Lipinski definition) is 1. The second-order valence-corrected chi connectivity index (χ2v) is 7.95. The Morgan fingerprint density at radius 3 is 2.53 bits per heavy atom. The summed E-state index contributed by atoms with van der Waals surface area (Å²) in [5, 5.41) is 1.35. The second-order valence-electron chi connectivity index (χ2n) is 7.95. The van der Waals surface area contributed by atoms with Crippen LogP contribution >= 0.6 is 0 Å². The van der Waals surface area contributed by atoms with Crippen molar-refractivity contribution in [2.75, 3.05) is 20.3 Å². The number of hydrazine groups is 1. The van der Waals surface area contributed by atoms with E-state index in [1.807, 2.05) is 27.7 Å². The lowest BCUT2D eigenvalue weighted by atomic mass is 10.0. The first kappa shape index (κ1) is 21.5. The fourth-order valence-corrected chi connectivity index (χ4v) is 3.31. The van der Waals surface area contributed by atoms with Crippen LogP contribution in [0.4, 0.5) is 0 Å². The maximum Gasteiger partial charge on any atom is 0.272 e. The highest BCUT2D eigenvalue weighted by molar-refractivity contribution is 6.00. The van der Waals surface area contributed by atoms with E-state index in [1.165, 1.54) is 5.01 Å². The van der Waals surface area contributed by atoms with Crippen LogP contribution in [-0.2, 0) is 6.42 Å². The Bertz CT molecular complexity index is 949. The van der Waals surface area contributed by atoms with E-state index in [2.05, 4.69) is 5.43 Å². The quantitative estimate of drug-likeness (QED) is 0.777. The molecule has 0 aliphatic carbocycles. The van der Waals surface area contributed by atoms with E-state index < -0.39 is 5.54 Å². The summed E-state index contributed by atoms with van der Waals surface area (Å²) in [7, 11) is 1.54. The molecule has 0 saturated carbocycles. The molecule has 0 spiro atoms. The van der Waals surface area contributed by atoms with Gasteiger partial charge < -0.3 is 14.2 Å². The third kappa shape index (κ3) is 4.35. The summed E-state index contributed by atoms with van der Waals surface area (Å²) in [6.45, 7) is 8.44. The molecule has 7 heteroatoms. The lowest BCUT2D eigenvalue weighted by Crippen LogP contribution is -2.56. The number of nitrogens with one attached hydrogen (secondary N) is 1. The topological polar surface area (TPSA) is 77.1 Å². The number of hydrogen-bond acceptors (Lipinski definition) is 5. The first-order valence-electron chi connectivity index (χ1n) is 9.97. The molecule has 160 valence electrons. The molecule has 30 heavy (non-hydrogen) atoms. The van der Waals surface area contributed by atoms with Gasteiger partial charge in [0.15, 0.2) is 11.5 Å². The Labute approximate surface area is 176 Å². The van der Waals surface area contributed by atoms with E-state index in [1.54, 1.807) is 43.5 Å². The third-order valence-electron chi connectivity index (χ3n) is 4.81. The minimum atomic E-state index is -0.657. The first-order chi connectivity index (χ1) is 14.3. The van der Waals surface area contributed by atoms with Crippen molar-refractivity contribution in [3.8, 4) is 17.2 Å². The molecule has 2 aromatic carbocycles. The van der Waals surface area contributed by atoms with E-state index >= 15 is 0 Å². The molecule has 3 rings (SSSR count). The average molecular weight is 412 g/mol. The van der Waals surface area contributed by atoms with Crippen molar-refractivity contribution in [3.63, 3.8) is 0 Å². The zero-order valence-electron chi connectivity index (χ0n) is 18.1. The van der Waals surface area contributed by atoms with Crippen LogP contribution in [0.25, 0.3) is 0 Å². The third-order valence-corrected chi connectivity index (χ3v) is 4.81. The summed E-state index contributed by atoms with van der Waals surface area (Å²) >= 11 is 0. The van der Waals surface area contributed by atoms with Crippen LogP contribution in [0.5, 0.6) is 17.2 Å². The van der Waals surface area contributed by atoms with Crippen molar-refractivity contribution in [1.82, 2.24) is 10.4 Å². The van der Waals surface area contributed by atoms with Gasteiger partial charge >= 0.3 is 0 Å². The summed E-state index contributed by atoms with van der Waals surface area (Å²) in [5.41, 5.74) is 3.77. The molecule has 1 N–H and O–H groups in total. The van der Waals surface area contributed by atoms with Crippen LogP contribution in [0.2, 0.25) is 0 Å². The van der Waals surface area contributed by atoms with Gasteiger partial charge in [0.05, 0.1) is 12.6 Å². The Morgan fingerprint density at radius 1 is 1.13 bits per heavy atom. The number of amides is 2. The zero-order chi connectivity index (χ0) is 21.9. The number of ether oxygens (including phenoxy) is 3. The molecule has 0 radical (unpaired) electrons. The normalized spacial score (nSPS) is 12.8. The minimum Gasteiger partial charge on any atom is -0.497 e. The van der Waals surface area contributed by atoms with Gasteiger partial charge in [-0.05, 0) is 57.5 Å². The van der Waals surface area contributed by atoms with Crippen LogP contribution in [0, 0.1) is 0 Å². The average Bonchev–Trinajstić information content (AvgIpc) is 2.75. The van der Waals surface area contributed by atoms with Crippen molar-refractivity contribution in [3.05, 3.63) is 53.1 Å². The number of nitrogens with zero attached hydrogens (tertiary/aromatic N) is 1. The van der Waals surface area contributed by atoms with Crippen LogP contribution in [0.3, 0.4) is 0 Å². The SMILES string of the molecule is CCc1c(C(=O)NN(C(=O)c2cccc(OC)c2)C(C)(C)C)ccc2c1OCCO2. The van der Waals surface area contributed by atoms with Crippen LogP contribution in [0.1, 0.15) is 54.0 Å². The summed E-state index contributed by atoms with van der Waals surface area (Å²) in [5.74, 6) is 1.09. The molecule has 0 bridgehead atoms. The predicted octanol–water partition coefficient (Wildman–Crippen LogP) is 3.61. The van der Waals surface area contributed by atoms with Crippen molar-refractivity contribution in [1.29, 1.82) is 0 Å². The Kier molecular flexibility index (Phi) is 6.20. The molecule has 2 amide bonds. The lowest BCUT2D eigenvalue weighted by Gasteiger charge is -2.36. The van der Waals surface area contributed by atoms with Crippen molar-refractivity contribution in [2.45, 2.75) is 39.7 Å². The monoisotopic (exact) mass is 412 g/mol. The zero-order valence-corrected chi connectivity index (χ0v) is 18.1. The van der Waals surface area contributed by atoms with E-state index in [-0.39, 0.29) is 11.8 Å². The second kappa shape index (κ2) is 8.65. The van der Waals surface area contributed by atoms with Crippen molar-refractivity contribution in [2.24, 2.45) is 0 Å². The highest BCUT2D eigenvalue weighted by Crippen LogP contribution is 2.36. The van der Waals surface area contributed by atoms with Crippen LogP contribution in [0.15, 0.2) is 36.4 Å². The van der Waals surface area contributed by atoms with Crippen LogP contribution < -0.4 is 19.6 Å². The Balaban J connectivity index is 1.92. The van der Waals surface area contributed by atoms with E-state index in [0.717, 1.165) is 5.56 Å². The summed E-state index contributed by atoms with van der Waals surface area (Å²) in [6, 6.07) is 10.3. The molecular formula is C23H28N2O5. The number of rotatable bonds is 4. The highest BCUT2D eigenvalue weighted by Gasteiger charge is 2.31. The molecule has 0 aromatic heterocycles. The molecule has 0 atom stereocenters. The van der Waals surface area contributed by atoms with Crippen molar-refractivity contribution >= 4 is 11.8 Å². The molecule has 0 unspecified atom stereocenters. The van der Waals surface area contributed by atoms with Gasteiger partial charge in [-0.3, -0.25) is 15.0 Å². The summed E-state index contributed by atoms with van der Waals surface area (Å²) in [4.78, 5) is 26.4. The predicted molar refractivity (Wildman–Crippen MR) is 113 cm³/mol. The maximum absolute atomic E-state index is 13.2. The fourth-order valence-electron chi connectivity index (χ4n) is 3.31. The van der Waals surface area contributed by atoms with Gasteiger partial charge in [-0.25, -0.2) is 5.01 Å². The van der Waals surface area contributed by atoms with Crippen LogP contribution in [-0.4, -0.2) is 42.7 Å². The number of carbonyl (C=O) groups excluding carboxylic acids is 2. The largest absolute Gasteiger partial charge is 0.497 e. The van der Waals surface area contributed by atoms with Gasteiger partial charge in [-0.2, -0.15) is 0 Å². The molecule has 7 nitrogen and oxygen atoms in total. The molecule has 0 saturated heterocycles. The number of methoxy groups -OCH3 is 1. The van der Waals surface area contributed by atoms with E-state index in [0.29, 0.717) is 48.0 Å². The molecule has 0 fully saturated rings. The number of carbonyl (C=O) groups is 2. The van der Waals surface area contributed by atoms with Gasteiger partial charge in [-0.15, -0.1) is 0 Å². The summed E-state index contributed by atoms with van der Waals surface area (Å²) in [6.07, 6.45) is 0.592. The van der Waals surface area contributed by atoms with Gasteiger partial charge in [0.25, 0.3) is 11.8 Å². The summed E-state index contributed by atoms with van der Waals surface area (Å²) < 4.78 is 16.6. The number of benzene rings is 2. The number of fused-ring (bicyclic) bond motifs is 1. The Morgan fingerprint density at radius 2 is 1.87 bits per heavy atom. The van der Waals surface area contributed by atoms with Gasteiger partial charge in [0.1, 0.15) is 19.0 Å². The van der Waals surface area contributed by atoms with Crippen molar-refractivity contribution < 1.29 is 23.8 Å². The maximum atomic E-state index is 13.2. The van der Waals surface area contributed by atoms with E-state index in [4.69, 9.17) is 14.2 Å². The molecule has 2 aromatic rings. The molecule has 1 aliphatic rings. The molecule has 1 aliphatic heterocycles. The Hall–Kier alpha value is -3.22. The fraction of sp³-hybridized carbons (Fsp3) is 0.391. The smallest absolute Gasteiger partial charge is 0.272 e. The van der Waals surface area contributed by atoms with Gasteiger partial charge in [0, 0.05) is 16.7 Å². The molecular weight excluding hydrogens is 384 g/mol. The van der Waals surface area contributed by atoms with E-state index in [9.17, 15) is 9.59 Å². The molecule has 1 heterocycles. The van der Waals surface area contributed by atoms with Gasteiger partial charge in [-0.1, -0.05) is 13.0 Å².